The number of anilines is 1. The van der Waals surface area contributed by atoms with E-state index in [2.05, 4.69) is 0 Å². The second kappa shape index (κ2) is 7.39. The fourth-order valence-electron chi connectivity index (χ4n) is 4.06. The Bertz CT molecular complexity index is 994. The molecule has 2 aromatic rings. The molecule has 0 bridgehead atoms. The second-order valence-corrected chi connectivity index (χ2v) is 9.80. The van der Waals surface area contributed by atoms with Crippen LogP contribution in [0.2, 0.25) is 5.02 Å². The summed E-state index contributed by atoms with van der Waals surface area (Å²) in [5.74, 6) is 0.661. The van der Waals surface area contributed by atoms with E-state index < -0.39 is 15.9 Å². The van der Waals surface area contributed by atoms with Gasteiger partial charge in [-0.3, -0.25) is 9.69 Å². The number of carbonyl (C=O) groups excluding carboxylic acids is 1. The predicted molar refractivity (Wildman–Crippen MR) is 109 cm³/mol. The quantitative estimate of drug-likeness (QED) is 0.759. The van der Waals surface area contributed by atoms with E-state index in [1.165, 1.54) is 0 Å². The van der Waals surface area contributed by atoms with Crippen LogP contribution in [0.25, 0.3) is 0 Å². The molecule has 2 saturated heterocycles. The van der Waals surface area contributed by atoms with Gasteiger partial charge in [0.25, 0.3) is 0 Å². The Morgan fingerprint density at radius 1 is 1.11 bits per heavy atom. The zero-order valence-electron chi connectivity index (χ0n) is 15.4. The van der Waals surface area contributed by atoms with E-state index >= 15 is 0 Å². The van der Waals surface area contributed by atoms with Crippen molar-refractivity contribution >= 4 is 33.0 Å². The molecule has 2 aliphatic rings. The maximum atomic E-state index is 13.0. The maximum Gasteiger partial charge on any atom is 0.241 e. The Hall–Kier alpha value is -2.09. The molecule has 0 aliphatic carbocycles. The molecule has 2 atom stereocenters. The number of halogens is 1. The van der Waals surface area contributed by atoms with Crippen LogP contribution >= 0.6 is 11.6 Å². The summed E-state index contributed by atoms with van der Waals surface area (Å²) in [5.41, 5.74) is 1.65. The van der Waals surface area contributed by atoms with E-state index in [1.54, 1.807) is 36.3 Å². The molecule has 0 N–H and O–H groups in total. The molecule has 0 saturated carbocycles. The lowest BCUT2D eigenvalue weighted by molar-refractivity contribution is -0.123. The van der Waals surface area contributed by atoms with Crippen LogP contribution in [0.4, 0.5) is 5.69 Å². The number of sulfone groups is 1. The van der Waals surface area contributed by atoms with Crippen LogP contribution in [-0.4, -0.2) is 56.5 Å². The minimum absolute atomic E-state index is 0.0327. The minimum atomic E-state index is -3.23. The molecule has 2 fully saturated rings. The molecule has 6 nitrogen and oxygen atoms in total. The number of carbonyl (C=O) groups is 1. The third-order valence-corrected chi connectivity index (χ3v) is 7.27. The van der Waals surface area contributed by atoms with Crippen LogP contribution in [-0.2, 0) is 21.2 Å². The first-order valence-electron chi connectivity index (χ1n) is 9.01. The molecule has 0 unspecified atom stereocenters. The number of amides is 1. The van der Waals surface area contributed by atoms with Crippen molar-refractivity contribution in [1.29, 1.82) is 0 Å². The number of benzene rings is 2. The first-order chi connectivity index (χ1) is 13.4. The topological polar surface area (TPSA) is 66.9 Å². The summed E-state index contributed by atoms with van der Waals surface area (Å²) in [6, 6.07) is 13.9. The molecular formula is C20H21ClN2O4S. The average molecular weight is 421 g/mol. The second-order valence-electron chi connectivity index (χ2n) is 7.21. The molecule has 148 valence electrons. The molecule has 0 aromatic heterocycles. The van der Waals surface area contributed by atoms with E-state index in [1.807, 2.05) is 29.2 Å². The van der Waals surface area contributed by atoms with Crippen LogP contribution in [0.5, 0.6) is 5.75 Å². The molecule has 2 aliphatic heterocycles. The highest BCUT2D eigenvalue weighted by Gasteiger charge is 2.49. The zero-order chi connectivity index (χ0) is 19.9. The van der Waals surface area contributed by atoms with Crippen molar-refractivity contribution in [3.05, 3.63) is 59.1 Å². The van der Waals surface area contributed by atoms with Crippen molar-refractivity contribution in [1.82, 2.24) is 4.90 Å². The summed E-state index contributed by atoms with van der Waals surface area (Å²) in [7, 11) is -1.62. The molecule has 2 heterocycles. The standard InChI is InChI=1S/C20H21ClN2O4S/c1-27-17-7-5-14(6-8-17)10-22-11-20(24)23(16-4-2-3-15(21)9-16)19-13-28(25,26)12-18(19)22/h2-9,18-19H,10-13H2,1H3/t18-,19-/m0/s1. The minimum Gasteiger partial charge on any atom is -0.497 e. The van der Waals surface area contributed by atoms with Gasteiger partial charge in [-0.05, 0) is 35.9 Å². The normalized spacial score (nSPS) is 24.2. The zero-order valence-corrected chi connectivity index (χ0v) is 17.0. The van der Waals surface area contributed by atoms with Gasteiger partial charge in [-0.15, -0.1) is 0 Å². The van der Waals surface area contributed by atoms with E-state index in [0.717, 1.165) is 11.3 Å². The number of methoxy groups -OCH3 is 1. The molecular weight excluding hydrogens is 400 g/mol. The summed E-state index contributed by atoms with van der Waals surface area (Å²) in [5, 5.41) is 0.517. The Balaban J connectivity index is 1.64. The third kappa shape index (κ3) is 3.74. The van der Waals surface area contributed by atoms with Crippen molar-refractivity contribution in [2.24, 2.45) is 0 Å². The summed E-state index contributed by atoms with van der Waals surface area (Å²) < 4.78 is 30.0. The van der Waals surface area contributed by atoms with Gasteiger partial charge < -0.3 is 9.64 Å². The largest absolute Gasteiger partial charge is 0.497 e. The van der Waals surface area contributed by atoms with Crippen LogP contribution in [0, 0.1) is 0 Å². The predicted octanol–water partition coefficient (Wildman–Crippen LogP) is 2.36. The lowest BCUT2D eigenvalue weighted by atomic mass is 10.0. The van der Waals surface area contributed by atoms with Crippen molar-refractivity contribution in [3.63, 3.8) is 0 Å². The monoisotopic (exact) mass is 420 g/mol. The lowest BCUT2D eigenvalue weighted by Crippen LogP contribution is -2.61. The number of rotatable bonds is 4. The van der Waals surface area contributed by atoms with Crippen LogP contribution in [0.1, 0.15) is 5.56 Å². The Morgan fingerprint density at radius 3 is 2.50 bits per heavy atom. The highest BCUT2D eigenvalue weighted by molar-refractivity contribution is 7.91. The molecule has 4 rings (SSSR count). The van der Waals surface area contributed by atoms with Crippen molar-refractivity contribution in [2.75, 3.05) is 30.1 Å². The Kier molecular flexibility index (Phi) is 5.07. The van der Waals surface area contributed by atoms with E-state index in [9.17, 15) is 13.2 Å². The summed E-state index contributed by atoms with van der Waals surface area (Å²) in [6.45, 7) is 0.672. The molecule has 1 amide bonds. The van der Waals surface area contributed by atoms with Gasteiger partial charge in [0.15, 0.2) is 9.84 Å². The Morgan fingerprint density at radius 2 is 1.82 bits per heavy atom. The van der Waals surface area contributed by atoms with Gasteiger partial charge in [0.1, 0.15) is 5.75 Å². The van der Waals surface area contributed by atoms with Gasteiger partial charge in [-0.1, -0.05) is 29.8 Å². The number of fused-ring (bicyclic) bond motifs is 1. The van der Waals surface area contributed by atoms with Gasteiger partial charge in [0, 0.05) is 23.3 Å². The SMILES string of the molecule is COc1ccc(CN2CC(=O)N(c3cccc(Cl)c3)[C@H]3CS(=O)(=O)C[C@@H]32)cc1. The molecule has 0 radical (unpaired) electrons. The smallest absolute Gasteiger partial charge is 0.241 e. The van der Waals surface area contributed by atoms with E-state index in [-0.39, 0.29) is 30.0 Å². The fraction of sp³-hybridized carbons (Fsp3) is 0.350. The number of hydrogen-bond donors (Lipinski definition) is 0. The van der Waals surface area contributed by atoms with Gasteiger partial charge >= 0.3 is 0 Å². The van der Waals surface area contributed by atoms with E-state index in [0.29, 0.717) is 17.3 Å². The number of ether oxygens (including phenoxy) is 1. The molecule has 2 aromatic carbocycles. The van der Waals surface area contributed by atoms with Crippen LogP contribution in [0.3, 0.4) is 0 Å². The van der Waals surface area contributed by atoms with Crippen LogP contribution in [0.15, 0.2) is 48.5 Å². The average Bonchev–Trinajstić information content (AvgIpc) is 2.97. The van der Waals surface area contributed by atoms with E-state index in [4.69, 9.17) is 16.3 Å². The summed E-state index contributed by atoms with van der Waals surface area (Å²) in [4.78, 5) is 16.6. The summed E-state index contributed by atoms with van der Waals surface area (Å²) in [6.07, 6.45) is 0. The van der Waals surface area contributed by atoms with Gasteiger partial charge in [-0.25, -0.2) is 8.42 Å². The fourth-order valence-corrected chi connectivity index (χ4v) is 6.22. The van der Waals surface area contributed by atoms with Crippen LogP contribution < -0.4 is 9.64 Å². The first kappa shape index (κ1) is 19.2. The lowest BCUT2D eigenvalue weighted by Gasteiger charge is -2.43. The van der Waals surface area contributed by atoms with Crippen molar-refractivity contribution < 1.29 is 17.9 Å². The van der Waals surface area contributed by atoms with Gasteiger partial charge in [-0.2, -0.15) is 0 Å². The summed E-state index contributed by atoms with van der Waals surface area (Å²) >= 11 is 6.09. The number of nitrogens with zero attached hydrogens (tertiary/aromatic N) is 2. The Labute approximate surface area is 169 Å². The van der Waals surface area contributed by atoms with Crippen molar-refractivity contribution in [3.8, 4) is 5.75 Å². The third-order valence-electron chi connectivity index (χ3n) is 5.33. The molecule has 0 spiro atoms. The number of piperazine rings is 1. The molecule has 8 heteroatoms. The molecule has 28 heavy (non-hydrogen) atoms. The highest BCUT2D eigenvalue weighted by Crippen LogP contribution is 2.33. The number of hydrogen-bond acceptors (Lipinski definition) is 5. The highest BCUT2D eigenvalue weighted by atomic mass is 35.5. The van der Waals surface area contributed by atoms with Gasteiger partial charge in [0.2, 0.25) is 5.91 Å². The van der Waals surface area contributed by atoms with Crippen molar-refractivity contribution in [2.45, 2.75) is 18.6 Å². The maximum absolute atomic E-state index is 13.0. The first-order valence-corrected chi connectivity index (χ1v) is 11.2. The van der Waals surface area contributed by atoms with Gasteiger partial charge in [0.05, 0.1) is 31.2 Å².